The molecule has 2 aromatic carbocycles. The van der Waals surface area contributed by atoms with Crippen molar-refractivity contribution in [1.29, 1.82) is 0 Å². The third kappa shape index (κ3) is 5.33. The van der Waals surface area contributed by atoms with Gasteiger partial charge in [0.1, 0.15) is 12.4 Å². The van der Waals surface area contributed by atoms with Gasteiger partial charge in [0.05, 0.1) is 31.9 Å². The Morgan fingerprint density at radius 3 is 2.58 bits per heavy atom. The van der Waals surface area contributed by atoms with Crippen LogP contribution in [0, 0.1) is 0 Å². The van der Waals surface area contributed by atoms with E-state index in [-0.39, 0.29) is 18.4 Å². The van der Waals surface area contributed by atoms with Crippen LogP contribution in [0.15, 0.2) is 42.5 Å². The van der Waals surface area contributed by atoms with E-state index in [0.29, 0.717) is 43.1 Å². The van der Waals surface area contributed by atoms with Crippen LogP contribution in [0.25, 0.3) is 11.0 Å². The molecule has 0 saturated heterocycles. The highest BCUT2D eigenvalue weighted by Crippen LogP contribution is 2.27. The average Bonchev–Trinajstić information content (AvgIpc) is 3.13. The molecule has 0 bridgehead atoms. The fourth-order valence-electron chi connectivity index (χ4n) is 3.36. The molecular weight excluding hydrogens is 398 g/mol. The molecule has 8 heteroatoms. The van der Waals surface area contributed by atoms with Crippen LogP contribution < -0.4 is 14.8 Å². The van der Waals surface area contributed by atoms with Gasteiger partial charge in [0.2, 0.25) is 0 Å². The van der Waals surface area contributed by atoms with Gasteiger partial charge >= 0.3 is 5.97 Å². The van der Waals surface area contributed by atoms with E-state index in [2.05, 4.69) is 10.3 Å². The van der Waals surface area contributed by atoms with Crippen LogP contribution in [0.3, 0.4) is 0 Å². The normalized spacial score (nSPS) is 10.7. The van der Waals surface area contributed by atoms with Crippen molar-refractivity contribution < 1.29 is 23.8 Å². The average molecular weight is 425 g/mol. The van der Waals surface area contributed by atoms with Crippen molar-refractivity contribution in [3.05, 3.63) is 53.9 Å². The lowest BCUT2D eigenvalue weighted by molar-refractivity contribution is -0.143. The molecule has 0 radical (unpaired) electrons. The van der Waals surface area contributed by atoms with E-state index in [1.165, 1.54) is 7.11 Å². The molecule has 0 unspecified atom stereocenters. The maximum absolute atomic E-state index is 12.5. The Bertz CT molecular complexity index is 1060. The molecule has 3 rings (SSSR count). The van der Waals surface area contributed by atoms with Crippen LogP contribution in [0.2, 0.25) is 0 Å². The summed E-state index contributed by atoms with van der Waals surface area (Å²) >= 11 is 0. The molecule has 0 saturated carbocycles. The third-order valence-corrected chi connectivity index (χ3v) is 4.83. The van der Waals surface area contributed by atoms with Crippen molar-refractivity contribution in [3.8, 4) is 11.5 Å². The van der Waals surface area contributed by atoms with E-state index in [4.69, 9.17) is 14.2 Å². The fraction of sp³-hybridized carbons (Fsp3) is 0.348. The number of nitrogens with one attached hydrogen (secondary N) is 1. The summed E-state index contributed by atoms with van der Waals surface area (Å²) in [6, 6.07) is 12.7. The number of imidazole rings is 1. The maximum atomic E-state index is 12.5. The summed E-state index contributed by atoms with van der Waals surface area (Å²) in [7, 11) is 3.08. The lowest BCUT2D eigenvalue weighted by atomic mass is 10.2. The molecular formula is C23H27N3O5. The summed E-state index contributed by atoms with van der Waals surface area (Å²) in [5.41, 5.74) is 2.21. The van der Waals surface area contributed by atoms with Gasteiger partial charge in [-0.05, 0) is 43.7 Å². The predicted octanol–water partition coefficient (Wildman–Crippen LogP) is 2.98. The maximum Gasteiger partial charge on any atom is 0.326 e. The number of carbonyl (C=O) groups excluding carboxylic acids is 2. The second-order valence-electron chi connectivity index (χ2n) is 6.84. The van der Waals surface area contributed by atoms with Crippen LogP contribution >= 0.6 is 0 Å². The second-order valence-corrected chi connectivity index (χ2v) is 6.84. The minimum Gasteiger partial charge on any atom is -0.493 e. The molecule has 0 aliphatic heterocycles. The number of benzene rings is 2. The van der Waals surface area contributed by atoms with Gasteiger partial charge in [0, 0.05) is 18.5 Å². The van der Waals surface area contributed by atoms with E-state index in [1.807, 2.05) is 28.8 Å². The number of amides is 1. The summed E-state index contributed by atoms with van der Waals surface area (Å²) in [4.78, 5) is 29.1. The van der Waals surface area contributed by atoms with E-state index < -0.39 is 0 Å². The number of aromatic nitrogens is 2. The zero-order chi connectivity index (χ0) is 22.2. The molecule has 0 aliphatic rings. The van der Waals surface area contributed by atoms with Gasteiger partial charge in [0.15, 0.2) is 11.5 Å². The number of esters is 1. The van der Waals surface area contributed by atoms with Gasteiger partial charge in [-0.1, -0.05) is 12.1 Å². The first kappa shape index (κ1) is 22.1. The summed E-state index contributed by atoms with van der Waals surface area (Å²) in [5, 5.41) is 2.91. The van der Waals surface area contributed by atoms with Crippen LogP contribution in [-0.4, -0.2) is 48.8 Å². The Kier molecular flexibility index (Phi) is 7.48. The number of ether oxygens (including phenoxy) is 3. The smallest absolute Gasteiger partial charge is 0.326 e. The first-order valence-electron chi connectivity index (χ1n) is 10.2. The van der Waals surface area contributed by atoms with Crippen LogP contribution in [0.5, 0.6) is 11.5 Å². The Balaban J connectivity index is 1.63. The van der Waals surface area contributed by atoms with Crippen LogP contribution in [-0.2, 0) is 22.5 Å². The fourth-order valence-corrected chi connectivity index (χ4v) is 3.36. The zero-order valence-electron chi connectivity index (χ0n) is 18.0. The molecule has 1 heterocycles. The number of methoxy groups -OCH3 is 2. The predicted molar refractivity (Wildman–Crippen MR) is 117 cm³/mol. The SMILES string of the molecule is CCOC(=O)Cn1c(CCCNC(=O)c2ccc(OC)c(OC)c2)nc2ccccc21. The highest BCUT2D eigenvalue weighted by atomic mass is 16.5. The van der Waals surface area contributed by atoms with Gasteiger partial charge in [-0.25, -0.2) is 4.98 Å². The summed E-state index contributed by atoms with van der Waals surface area (Å²) < 4.78 is 17.4. The topological polar surface area (TPSA) is 91.7 Å². The second kappa shape index (κ2) is 10.5. The zero-order valence-corrected chi connectivity index (χ0v) is 18.0. The van der Waals surface area contributed by atoms with E-state index in [9.17, 15) is 9.59 Å². The Morgan fingerprint density at radius 1 is 1.06 bits per heavy atom. The first-order chi connectivity index (χ1) is 15.1. The van der Waals surface area contributed by atoms with Crippen molar-refractivity contribution in [3.63, 3.8) is 0 Å². The minimum atomic E-state index is -0.298. The number of hydrogen-bond acceptors (Lipinski definition) is 6. The van der Waals surface area contributed by atoms with E-state index in [1.54, 1.807) is 32.2 Å². The van der Waals surface area contributed by atoms with Gasteiger partial charge in [-0.2, -0.15) is 0 Å². The molecule has 0 fully saturated rings. The molecule has 1 N–H and O–H groups in total. The number of hydrogen-bond donors (Lipinski definition) is 1. The number of rotatable bonds is 10. The highest BCUT2D eigenvalue weighted by Gasteiger charge is 2.15. The molecule has 3 aromatic rings. The lowest BCUT2D eigenvalue weighted by Gasteiger charge is -2.11. The number of fused-ring (bicyclic) bond motifs is 1. The van der Waals surface area contributed by atoms with E-state index >= 15 is 0 Å². The number of carbonyl (C=O) groups is 2. The molecule has 31 heavy (non-hydrogen) atoms. The monoisotopic (exact) mass is 425 g/mol. The van der Waals surface area contributed by atoms with Gasteiger partial charge in [0.25, 0.3) is 5.91 Å². The van der Waals surface area contributed by atoms with Crippen molar-refractivity contribution >= 4 is 22.9 Å². The van der Waals surface area contributed by atoms with Gasteiger partial charge < -0.3 is 24.1 Å². The quantitative estimate of drug-likeness (QED) is 0.397. The van der Waals surface area contributed by atoms with Crippen molar-refractivity contribution in [2.75, 3.05) is 27.4 Å². The van der Waals surface area contributed by atoms with Crippen molar-refractivity contribution in [1.82, 2.24) is 14.9 Å². The van der Waals surface area contributed by atoms with Crippen molar-refractivity contribution in [2.45, 2.75) is 26.3 Å². The summed E-state index contributed by atoms with van der Waals surface area (Å²) in [6.07, 6.45) is 1.28. The number of aryl methyl sites for hydroxylation is 1. The summed E-state index contributed by atoms with van der Waals surface area (Å²) in [6.45, 7) is 2.70. The number of nitrogens with zero attached hydrogens (tertiary/aromatic N) is 2. The number of para-hydroxylation sites is 2. The molecule has 164 valence electrons. The third-order valence-electron chi connectivity index (χ3n) is 4.83. The summed E-state index contributed by atoms with van der Waals surface area (Å²) in [5.74, 6) is 1.37. The van der Waals surface area contributed by atoms with Gasteiger partial charge in [-0.3, -0.25) is 9.59 Å². The van der Waals surface area contributed by atoms with Crippen LogP contribution in [0.4, 0.5) is 0 Å². The van der Waals surface area contributed by atoms with Gasteiger partial charge in [-0.15, -0.1) is 0 Å². The molecule has 0 spiro atoms. The minimum absolute atomic E-state index is 0.113. The lowest BCUT2D eigenvalue weighted by Crippen LogP contribution is -2.25. The molecule has 1 amide bonds. The van der Waals surface area contributed by atoms with Crippen LogP contribution in [0.1, 0.15) is 29.5 Å². The largest absolute Gasteiger partial charge is 0.493 e. The standard InChI is InChI=1S/C23H27N3O5/c1-4-31-22(27)15-26-18-9-6-5-8-17(18)25-21(26)10-7-13-24-23(28)16-11-12-19(29-2)20(14-16)30-3/h5-6,8-9,11-12,14H,4,7,10,13,15H2,1-3H3,(H,24,28). The first-order valence-corrected chi connectivity index (χ1v) is 10.2. The molecule has 8 nitrogen and oxygen atoms in total. The Hall–Kier alpha value is -3.55. The van der Waals surface area contributed by atoms with Crippen molar-refractivity contribution in [2.24, 2.45) is 0 Å². The highest BCUT2D eigenvalue weighted by molar-refractivity contribution is 5.94. The molecule has 1 aromatic heterocycles. The Labute approximate surface area is 181 Å². The molecule has 0 atom stereocenters. The van der Waals surface area contributed by atoms with E-state index in [0.717, 1.165) is 16.9 Å². The Morgan fingerprint density at radius 2 is 1.84 bits per heavy atom. The molecule has 0 aliphatic carbocycles.